The van der Waals surface area contributed by atoms with Crippen LogP contribution in [0, 0.1) is 5.92 Å². The van der Waals surface area contributed by atoms with E-state index in [-0.39, 0.29) is 0 Å². The Morgan fingerprint density at radius 3 is 2.54 bits per heavy atom. The monoisotopic (exact) mass is 353 g/mol. The maximum atomic E-state index is 9.55. The van der Waals surface area contributed by atoms with Crippen LogP contribution >= 0.6 is 11.6 Å². The Kier molecular flexibility index (Phi) is 6.16. The quantitative estimate of drug-likeness (QED) is 0.691. The average molecular weight is 354 g/mol. The molecule has 0 aromatic carbocycles. The summed E-state index contributed by atoms with van der Waals surface area (Å²) in [5.74, 6) is -1.61. The minimum absolute atomic E-state index is 0.558. The van der Waals surface area contributed by atoms with Crippen LogP contribution in [-0.2, 0) is 9.59 Å². The molecule has 1 aromatic heterocycles. The highest BCUT2D eigenvalue weighted by atomic mass is 35.5. The van der Waals surface area contributed by atoms with Crippen LogP contribution in [0.15, 0.2) is 30.6 Å². The highest BCUT2D eigenvalue weighted by molar-refractivity contribution is 6.30. The molecular weight excluding hydrogens is 334 g/mol. The molecule has 3 unspecified atom stereocenters. The number of fused-ring (bicyclic) bond motifs is 1. The number of anilines is 1. The first-order valence-electron chi connectivity index (χ1n) is 7.59. The highest BCUT2D eigenvalue weighted by Crippen LogP contribution is 2.49. The number of hydrogen-bond acceptors (Lipinski definition) is 5. The molecule has 1 aliphatic carbocycles. The van der Waals surface area contributed by atoms with E-state index in [0.29, 0.717) is 18.2 Å². The number of halogens is 1. The Bertz CT molecular complexity index is 622. The number of carboxylic acid groups (broad SMARTS) is 2. The summed E-state index contributed by atoms with van der Waals surface area (Å²) in [4.78, 5) is 25.8. The summed E-state index contributed by atoms with van der Waals surface area (Å²) in [6.07, 6.45) is 7.38. The molecule has 3 atom stereocenters. The molecule has 0 radical (unpaired) electrons. The predicted octanol–water partition coefficient (Wildman–Crippen LogP) is 1.63. The highest BCUT2D eigenvalue weighted by Gasteiger charge is 2.51. The fourth-order valence-electron chi connectivity index (χ4n) is 3.06. The van der Waals surface area contributed by atoms with E-state index >= 15 is 0 Å². The molecule has 0 amide bonds. The maximum Gasteiger partial charge on any atom is 0.328 e. The second kappa shape index (κ2) is 8.12. The van der Waals surface area contributed by atoms with Crippen LogP contribution in [0.4, 0.5) is 5.69 Å². The minimum atomic E-state index is -1.26. The Morgan fingerprint density at radius 1 is 1.33 bits per heavy atom. The molecule has 3 N–H and O–H groups in total. The SMILES string of the molecule is CNCC1CC2CC2N1c1cncc(Cl)c1.O=C(O)/C=C/C(=O)O. The largest absolute Gasteiger partial charge is 0.478 e. The van der Waals surface area contributed by atoms with E-state index in [9.17, 15) is 9.59 Å². The van der Waals surface area contributed by atoms with Crippen LogP contribution in [0.1, 0.15) is 12.8 Å². The van der Waals surface area contributed by atoms with Gasteiger partial charge in [-0.25, -0.2) is 9.59 Å². The number of hydrogen-bond donors (Lipinski definition) is 3. The molecule has 3 rings (SSSR count). The summed E-state index contributed by atoms with van der Waals surface area (Å²) in [7, 11) is 2.01. The van der Waals surface area contributed by atoms with Gasteiger partial charge in [-0.3, -0.25) is 4.98 Å². The number of carbonyl (C=O) groups is 2. The molecule has 1 saturated heterocycles. The lowest BCUT2D eigenvalue weighted by Gasteiger charge is -2.29. The van der Waals surface area contributed by atoms with E-state index < -0.39 is 11.9 Å². The van der Waals surface area contributed by atoms with Gasteiger partial charge in [0.05, 0.1) is 16.9 Å². The summed E-state index contributed by atoms with van der Waals surface area (Å²) >= 11 is 6.00. The first-order chi connectivity index (χ1) is 11.4. The number of aromatic nitrogens is 1. The lowest BCUT2D eigenvalue weighted by Crippen LogP contribution is -2.39. The normalized spacial score (nSPS) is 24.2. The summed E-state index contributed by atoms with van der Waals surface area (Å²) in [5.41, 5.74) is 1.18. The lowest BCUT2D eigenvalue weighted by atomic mass is 10.1. The van der Waals surface area contributed by atoms with Crippen molar-refractivity contribution in [3.05, 3.63) is 35.6 Å². The molecule has 24 heavy (non-hydrogen) atoms. The molecule has 2 heterocycles. The summed E-state index contributed by atoms with van der Waals surface area (Å²) in [5, 5.41) is 19.6. The van der Waals surface area contributed by atoms with Crippen LogP contribution < -0.4 is 10.2 Å². The molecule has 0 bridgehead atoms. The second-order valence-electron chi connectivity index (χ2n) is 5.79. The van der Waals surface area contributed by atoms with E-state index in [1.54, 1.807) is 6.20 Å². The van der Waals surface area contributed by atoms with Crippen LogP contribution in [0.5, 0.6) is 0 Å². The molecule has 130 valence electrons. The number of piperidine rings is 1. The van der Waals surface area contributed by atoms with Crippen LogP contribution in [0.25, 0.3) is 0 Å². The molecule has 8 heteroatoms. The van der Waals surface area contributed by atoms with E-state index in [1.807, 2.05) is 19.3 Å². The van der Waals surface area contributed by atoms with Gasteiger partial charge in [-0.15, -0.1) is 0 Å². The van der Waals surface area contributed by atoms with Crippen molar-refractivity contribution >= 4 is 29.2 Å². The van der Waals surface area contributed by atoms with E-state index in [0.717, 1.165) is 23.5 Å². The molecular formula is C16H20ClN3O4. The van der Waals surface area contributed by atoms with Crippen molar-refractivity contribution in [3.63, 3.8) is 0 Å². The van der Waals surface area contributed by atoms with Gasteiger partial charge in [0.25, 0.3) is 0 Å². The van der Waals surface area contributed by atoms with Crippen molar-refractivity contribution in [1.29, 1.82) is 0 Å². The molecule has 2 fully saturated rings. The van der Waals surface area contributed by atoms with Gasteiger partial charge in [0, 0.05) is 37.0 Å². The van der Waals surface area contributed by atoms with Gasteiger partial charge >= 0.3 is 11.9 Å². The van der Waals surface area contributed by atoms with Gasteiger partial charge in [-0.1, -0.05) is 11.6 Å². The second-order valence-corrected chi connectivity index (χ2v) is 6.23. The molecule has 1 aromatic rings. The zero-order valence-corrected chi connectivity index (χ0v) is 14.0. The zero-order chi connectivity index (χ0) is 17.7. The molecule has 7 nitrogen and oxygen atoms in total. The van der Waals surface area contributed by atoms with Crippen molar-refractivity contribution in [2.45, 2.75) is 24.9 Å². The summed E-state index contributed by atoms with van der Waals surface area (Å²) in [6.45, 7) is 1.04. The lowest BCUT2D eigenvalue weighted by molar-refractivity contribution is -0.134. The van der Waals surface area contributed by atoms with Crippen molar-refractivity contribution in [1.82, 2.24) is 10.3 Å². The predicted molar refractivity (Wildman–Crippen MR) is 90.4 cm³/mol. The van der Waals surface area contributed by atoms with E-state index in [4.69, 9.17) is 21.8 Å². The van der Waals surface area contributed by atoms with Crippen LogP contribution in [0.3, 0.4) is 0 Å². The number of rotatable bonds is 5. The first-order valence-corrected chi connectivity index (χ1v) is 7.97. The topological polar surface area (TPSA) is 103 Å². The Labute approximate surface area is 144 Å². The van der Waals surface area contributed by atoms with Gasteiger partial charge < -0.3 is 20.4 Å². The van der Waals surface area contributed by atoms with Gasteiger partial charge in [-0.2, -0.15) is 0 Å². The Hall–Kier alpha value is -2.12. The molecule has 0 spiro atoms. The zero-order valence-electron chi connectivity index (χ0n) is 13.2. The van der Waals surface area contributed by atoms with Gasteiger partial charge in [0.2, 0.25) is 0 Å². The van der Waals surface area contributed by atoms with Crippen LogP contribution in [0.2, 0.25) is 5.02 Å². The molecule has 1 aliphatic heterocycles. The fourth-order valence-corrected chi connectivity index (χ4v) is 3.23. The van der Waals surface area contributed by atoms with Gasteiger partial charge in [-0.05, 0) is 31.9 Å². The minimum Gasteiger partial charge on any atom is -0.478 e. The first kappa shape index (κ1) is 18.2. The number of aliphatic carboxylic acids is 2. The maximum absolute atomic E-state index is 9.55. The number of nitrogens with one attached hydrogen (secondary N) is 1. The summed E-state index contributed by atoms with van der Waals surface area (Å²) in [6, 6.07) is 3.37. The van der Waals surface area contributed by atoms with Gasteiger partial charge in [0.1, 0.15) is 0 Å². The van der Waals surface area contributed by atoms with Crippen molar-refractivity contribution < 1.29 is 19.8 Å². The fraction of sp³-hybridized carbons (Fsp3) is 0.438. The number of nitrogens with zero attached hydrogens (tertiary/aromatic N) is 2. The third-order valence-electron chi connectivity index (χ3n) is 4.01. The Balaban J connectivity index is 0.000000224. The molecule has 2 aliphatic rings. The smallest absolute Gasteiger partial charge is 0.328 e. The number of carboxylic acids is 2. The standard InChI is InChI=1S/C12H16ClN3.C4H4O4/c1-14-6-10-2-8-3-12(8)16(10)11-4-9(13)5-15-7-11;5-3(6)1-2-4(7)8/h4-5,7-8,10,12,14H,2-3,6H2,1H3;1-2H,(H,5,6)(H,7,8)/b;2-1+. The van der Waals surface area contributed by atoms with E-state index in [2.05, 4.69) is 15.2 Å². The van der Waals surface area contributed by atoms with E-state index in [1.165, 1.54) is 18.5 Å². The summed E-state index contributed by atoms with van der Waals surface area (Å²) < 4.78 is 0. The van der Waals surface area contributed by atoms with Gasteiger partial charge in [0.15, 0.2) is 0 Å². The van der Waals surface area contributed by atoms with Crippen LogP contribution in [-0.4, -0.2) is 52.8 Å². The third-order valence-corrected chi connectivity index (χ3v) is 4.21. The third kappa shape index (κ3) is 4.94. The van der Waals surface area contributed by atoms with Crippen molar-refractivity contribution in [2.75, 3.05) is 18.5 Å². The number of pyridine rings is 1. The van der Waals surface area contributed by atoms with Crippen molar-refractivity contribution in [3.8, 4) is 0 Å². The Morgan fingerprint density at radius 2 is 2.00 bits per heavy atom. The molecule has 1 saturated carbocycles. The van der Waals surface area contributed by atoms with Crippen molar-refractivity contribution in [2.24, 2.45) is 5.92 Å². The average Bonchev–Trinajstić information content (AvgIpc) is 3.17. The number of likely N-dealkylation sites (N-methyl/N-ethyl adjacent to an activating group) is 1.